The first kappa shape index (κ1) is 14.7. The first-order chi connectivity index (χ1) is 7.84. The highest BCUT2D eigenvalue weighted by Crippen LogP contribution is 2.61. The second-order valence-corrected chi connectivity index (χ2v) is 6.81. The summed E-state index contributed by atoms with van der Waals surface area (Å²) in [5.74, 6) is 2.66. The Morgan fingerprint density at radius 3 is 2.06 bits per heavy atom. The van der Waals surface area contributed by atoms with Gasteiger partial charge in [-0.15, -0.1) is 0 Å². The highest BCUT2D eigenvalue weighted by molar-refractivity contribution is 5.79. The molecule has 3 aliphatic carbocycles. The van der Waals surface area contributed by atoms with Crippen molar-refractivity contribution in [1.29, 1.82) is 0 Å². The molecule has 100 valence electrons. The highest BCUT2D eigenvalue weighted by Gasteiger charge is 2.56. The van der Waals surface area contributed by atoms with Gasteiger partial charge in [-0.2, -0.15) is 0 Å². The third-order valence-electron chi connectivity index (χ3n) is 4.74. The van der Waals surface area contributed by atoms with Gasteiger partial charge in [0.1, 0.15) is 0 Å². The van der Waals surface area contributed by atoms with Crippen LogP contribution in [0.4, 0.5) is 0 Å². The minimum atomic E-state index is 0.604. The van der Waals surface area contributed by atoms with Gasteiger partial charge >= 0.3 is 0 Å². The number of aliphatic imine (C=N–C) groups is 1. The van der Waals surface area contributed by atoms with Gasteiger partial charge in [0.2, 0.25) is 0 Å². The lowest BCUT2D eigenvalue weighted by Crippen LogP contribution is -2.56. The van der Waals surface area contributed by atoms with Crippen LogP contribution in [0.1, 0.15) is 67.7 Å². The predicted molar refractivity (Wildman–Crippen MR) is 77.7 cm³/mol. The van der Waals surface area contributed by atoms with Crippen LogP contribution >= 0.6 is 0 Å². The second kappa shape index (κ2) is 5.54. The van der Waals surface area contributed by atoms with Gasteiger partial charge in [-0.25, -0.2) is 0 Å². The van der Waals surface area contributed by atoms with E-state index >= 15 is 0 Å². The molecule has 0 aromatic carbocycles. The summed E-state index contributed by atoms with van der Waals surface area (Å²) in [6.45, 7) is 15.8. The Balaban J connectivity index is 0.000000437. The molecule has 3 aliphatic rings. The van der Waals surface area contributed by atoms with E-state index in [1.165, 1.54) is 25.0 Å². The number of rotatable bonds is 1. The quantitative estimate of drug-likeness (QED) is 0.572. The van der Waals surface area contributed by atoms with Gasteiger partial charge in [-0.1, -0.05) is 41.0 Å². The van der Waals surface area contributed by atoms with Crippen LogP contribution in [0.5, 0.6) is 0 Å². The van der Waals surface area contributed by atoms with E-state index < -0.39 is 0 Å². The Kier molecular flexibility index (Phi) is 4.80. The van der Waals surface area contributed by atoms with Crippen LogP contribution in [-0.2, 0) is 0 Å². The molecule has 3 saturated carbocycles. The van der Waals surface area contributed by atoms with Crippen molar-refractivity contribution in [3.63, 3.8) is 0 Å². The predicted octanol–water partition coefficient (Wildman–Crippen LogP) is 4.95. The van der Waals surface area contributed by atoms with E-state index in [0.717, 1.165) is 17.8 Å². The smallest absolute Gasteiger partial charge is 0.0529 e. The largest absolute Gasteiger partial charge is 0.291 e. The van der Waals surface area contributed by atoms with E-state index in [1.54, 1.807) is 0 Å². The highest BCUT2D eigenvalue weighted by atomic mass is 14.8. The second-order valence-electron chi connectivity index (χ2n) is 6.81. The first-order valence-electron chi connectivity index (χ1n) is 7.35. The normalized spacial score (nSPS) is 37.4. The van der Waals surface area contributed by atoms with Crippen LogP contribution in [-0.4, -0.2) is 11.8 Å². The van der Waals surface area contributed by atoms with Crippen molar-refractivity contribution >= 4 is 5.71 Å². The van der Waals surface area contributed by atoms with Crippen molar-refractivity contribution in [2.45, 2.75) is 73.8 Å². The fourth-order valence-electron chi connectivity index (χ4n) is 3.62. The summed E-state index contributed by atoms with van der Waals surface area (Å²) in [6.07, 6.45) is 4.04. The van der Waals surface area contributed by atoms with Crippen molar-refractivity contribution < 1.29 is 0 Å². The molecule has 0 saturated heterocycles. The van der Waals surface area contributed by atoms with E-state index in [2.05, 4.69) is 48.5 Å². The van der Waals surface area contributed by atoms with Gasteiger partial charge in [-0.05, 0) is 49.9 Å². The molecule has 0 radical (unpaired) electrons. The molecule has 17 heavy (non-hydrogen) atoms. The van der Waals surface area contributed by atoms with Crippen LogP contribution in [0.2, 0.25) is 0 Å². The molecule has 1 heteroatoms. The Morgan fingerprint density at radius 2 is 1.71 bits per heavy atom. The van der Waals surface area contributed by atoms with E-state index in [-0.39, 0.29) is 0 Å². The fraction of sp³-hybridized carbons (Fsp3) is 0.938. The van der Waals surface area contributed by atoms with Gasteiger partial charge < -0.3 is 0 Å². The maximum atomic E-state index is 4.78. The first-order valence-corrected chi connectivity index (χ1v) is 7.35. The van der Waals surface area contributed by atoms with E-state index in [1.807, 2.05) is 0 Å². The third kappa shape index (κ3) is 2.92. The summed E-state index contributed by atoms with van der Waals surface area (Å²) in [6, 6.07) is 0.622. The minimum absolute atomic E-state index is 0.604. The Labute approximate surface area is 108 Å². The molecular formula is C16H31N. The average Bonchev–Trinajstić information content (AvgIpc) is 2.20. The molecule has 0 spiro atoms. The average molecular weight is 237 g/mol. The van der Waals surface area contributed by atoms with E-state index in [9.17, 15) is 0 Å². The summed E-state index contributed by atoms with van der Waals surface area (Å²) >= 11 is 0. The van der Waals surface area contributed by atoms with Gasteiger partial charge in [0.05, 0.1) is 6.04 Å². The maximum Gasteiger partial charge on any atom is 0.0529 e. The molecule has 0 amide bonds. The van der Waals surface area contributed by atoms with Crippen LogP contribution in [0.25, 0.3) is 0 Å². The molecule has 3 fully saturated rings. The molecule has 0 aromatic rings. The zero-order chi connectivity index (χ0) is 13.2. The van der Waals surface area contributed by atoms with Crippen LogP contribution < -0.4 is 0 Å². The van der Waals surface area contributed by atoms with E-state index in [4.69, 9.17) is 4.99 Å². The SMILES string of the molecule is CC(C)=N[C@H]1C[C@@H]2C[C@H]([C@@H]1C)C2(C)C.CCC. The Bertz CT molecular complexity index is 273. The van der Waals surface area contributed by atoms with Gasteiger partial charge in [0, 0.05) is 5.71 Å². The summed E-state index contributed by atoms with van der Waals surface area (Å²) in [5.41, 5.74) is 1.86. The number of fused-ring (bicyclic) bond motifs is 2. The molecule has 3 rings (SSSR count). The molecule has 4 atom stereocenters. The topological polar surface area (TPSA) is 12.4 Å². The van der Waals surface area contributed by atoms with Crippen molar-refractivity contribution in [2.75, 3.05) is 0 Å². The number of hydrogen-bond donors (Lipinski definition) is 0. The van der Waals surface area contributed by atoms with Crippen LogP contribution in [0, 0.1) is 23.2 Å². The minimum Gasteiger partial charge on any atom is -0.291 e. The molecule has 0 N–H and O–H groups in total. The Morgan fingerprint density at radius 1 is 1.18 bits per heavy atom. The third-order valence-corrected chi connectivity index (χ3v) is 4.74. The van der Waals surface area contributed by atoms with Crippen LogP contribution in [0.3, 0.4) is 0 Å². The van der Waals surface area contributed by atoms with E-state index in [0.29, 0.717) is 11.5 Å². The molecule has 0 heterocycles. The van der Waals surface area contributed by atoms with Gasteiger partial charge in [0.15, 0.2) is 0 Å². The standard InChI is InChI=1S/C13H23N.C3H8/c1-8(2)14-12-7-10-6-11(9(12)3)13(10,4)5;1-3-2/h9-12H,6-7H2,1-5H3;3H2,1-2H3/t9-,10-,11+,12-;/m0./s1. The lowest BCUT2D eigenvalue weighted by molar-refractivity contribution is -0.108. The summed E-state index contributed by atoms with van der Waals surface area (Å²) < 4.78 is 0. The van der Waals surface area contributed by atoms with Crippen molar-refractivity contribution in [3.05, 3.63) is 0 Å². The lowest BCUT2D eigenvalue weighted by Gasteiger charge is -2.61. The van der Waals surface area contributed by atoms with Crippen molar-refractivity contribution in [1.82, 2.24) is 0 Å². The van der Waals surface area contributed by atoms with Crippen LogP contribution in [0.15, 0.2) is 4.99 Å². The fourth-order valence-corrected chi connectivity index (χ4v) is 3.62. The maximum absolute atomic E-state index is 4.78. The van der Waals surface area contributed by atoms with Gasteiger partial charge in [-0.3, -0.25) is 4.99 Å². The summed E-state index contributed by atoms with van der Waals surface area (Å²) in [4.78, 5) is 4.78. The monoisotopic (exact) mass is 237 g/mol. The number of hydrogen-bond acceptors (Lipinski definition) is 1. The zero-order valence-electron chi connectivity index (χ0n) is 12.9. The summed E-state index contributed by atoms with van der Waals surface area (Å²) in [7, 11) is 0. The van der Waals surface area contributed by atoms with Crippen molar-refractivity contribution in [3.8, 4) is 0 Å². The number of nitrogens with zero attached hydrogens (tertiary/aromatic N) is 1. The lowest BCUT2D eigenvalue weighted by atomic mass is 9.45. The molecule has 1 nitrogen and oxygen atoms in total. The zero-order valence-corrected chi connectivity index (χ0v) is 12.9. The Hall–Kier alpha value is -0.330. The molecule has 0 aliphatic heterocycles. The summed E-state index contributed by atoms with van der Waals surface area (Å²) in [5, 5.41) is 0. The molecular weight excluding hydrogens is 206 g/mol. The molecule has 0 aromatic heterocycles. The van der Waals surface area contributed by atoms with Gasteiger partial charge in [0.25, 0.3) is 0 Å². The van der Waals surface area contributed by atoms with Crippen molar-refractivity contribution in [2.24, 2.45) is 28.2 Å². The molecule has 0 unspecified atom stereocenters. The molecule has 2 bridgehead atoms.